The fourth-order valence-electron chi connectivity index (χ4n) is 12.1. The van der Waals surface area contributed by atoms with Crippen LogP contribution in [0.5, 0.6) is 5.75 Å². The summed E-state index contributed by atoms with van der Waals surface area (Å²) in [7, 11) is 12.3. The number of allylic oxidation sites excluding steroid dienone is 2. The van der Waals surface area contributed by atoms with Gasteiger partial charge in [-0.3, -0.25) is 33.0 Å². The molecule has 3 aliphatic heterocycles. The number of ether oxygens (including phenoxy) is 10. The number of methoxy groups -OCH3 is 1. The van der Waals surface area contributed by atoms with Gasteiger partial charge in [-0.1, -0.05) is 165 Å². The van der Waals surface area contributed by atoms with Gasteiger partial charge in [-0.15, -0.1) is 0 Å². The Morgan fingerprint density at radius 2 is 0.944 bits per heavy atom. The van der Waals surface area contributed by atoms with Gasteiger partial charge in [-0.2, -0.15) is 0 Å². The molecule has 5 unspecified atom stereocenters. The lowest BCUT2D eigenvalue weighted by molar-refractivity contribution is -0.149. The smallest absolute Gasteiger partial charge is 0.313 e. The molecule has 0 radical (unpaired) electrons. The highest BCUT2D eigenvalue weighted by Gasteiger charge is 2.27. The van der Waals surface area contributed by atoms with Gasteiger partial charge in [0, 0.05) is 74.2 Å². The summed E-state index contributed by atoms with van der Waals surface area (Å²) >= 11 is 0. The number of rotatable bonds is 44. The number of benzene rings is 5. The van der Waals surface area contributed by atoms with E-state index in [1.807, 2.05) is 164 Å². The van der Waals surface area contributed by atoms with Crippen molar-refractivity contribution in [1.29, 1.82) is 0 Å². The van der Waals surface area contributed by atoms with Crippen molar-refractivity contribution in [1.82, 2.24) is 0 Å². The Hall–Kier alpha value is -5.48. The van der Waals surface area contributed by atoms with Crippen LogP contribution in [-0.2, 0) is 88.6 Å². The third-order valence-electron chi connectivity index (χ3n) is 18.3. The van der Waals surface area contributed by atoms with Crippen molar-refractivity contribution >= 4 is 139 Å². The molecule has 3 heterocycles. The first-order valence-electron chi connectivity index (χ1n) is 37.7. The van der Waals surface area contributed by atoms with Crippen LogP contribution < -0.4 is 4.74 Å². The van der Waals surface area contributed by atoms with Gasteiger partial charge in [0.2, 0.25) is 0 Å². The monoisotopic (exact) mass is 1620 g/mol. The van der Waals surface area contributed by atoms with Crippen LogP contribution in [0, 0.1) is 11.7 Å². The Balaban J connectivity index is 0.000000228. The van der Waals surface area contributed by atoms with Gasteiger partial charge in [-0.25, -0.2) is 4.39 Å². The average molecular weight is 1620 g/mol. The second kappa shape index (κ2) is 51.2. The van der Waals surface area contributed by atoms with Crippen LogP contribution >= 0.6 is 64.8 Å². The first kappa shape index (κ1) is 89.7. The van der Waals surface area contributed by atoms with Crippen molar-refractivity contribution < 1.29 is 84.7 Å². The van der Waals surface area contributed by atoms with Crippen LogP contribution in [0.25, 0.3) is 28.0 Å². The van der Waals surface area contributed by atoms with Gasteiger partial charge < -0.3 is 47.4 Å². The molecule has 0 bridgehead atoms. The van der Waals surface area contributed by atoms with Crippen LogP contribution in [0.15, 0.2) is 114 Å². The summed E-state index contributed by atoms with van der Waals surface area (Å²) in [5, 5.41) is 4.34. The van der Waals surface area contributed by atoms with Gasteiger partial charge in [0.1, 0.15) is 51.2 Å². The van der Waals surface area contributed by atoms with E-state index in [4.69, 9.17) is 47.4 Å². The summed E-state index contributed by atoms with van der Waals surface area (Å²) in [6.07, 6.45) is 19.2. The summed E-state index contributed by atoms with van der Waals surface area (Å²) in [5.74, 6) is 2.54. The molecule has 0 N–H and O–H groups in total. The zero-order valence-corrected chi connectivity index (χ0v) is 69.4. The van der Waals surface area contributed by atoms with Crippen LogP contribution in [-0.4, -0.2) is 166 Å². The Morgan fingerprint density at radius 3 is 1.40 bits per heavy atom. The number of unbranched alkanes of at least 4 members (excludes halogenated alkanes) is 3. The lowest BCUT2D eigenvalue weighted by Crippen LogP contribution is -2.17. The summed E-state index contributed by atoms with van der Waals surface area (Å²) in [6.45, 7) is 12.6. The standard InChI is InChI=1S/C32H37FO6S3.C26H34O6S2.C25H38O5S2/c1-22-28(19-23-7-10-26(11-8-23)42(2)36)27-12-9-24(33)20-30(27)29(22)21-32(35)39-17-15-37-14-16-38-31(34)6-4-3-5-25-13-18-40-41-25;1-19(20-7-8-22-18-23(29-2)10-9-21(22)17-20)26(28)32-15-13-30-12-14-31-25(27)6-4-3-5-24-11-16-33-34-24;1-19(2)18-21-8-10-22(11-9-21)20(3)25(27)30-16-14-28-13-15-29-24(26)7-5-4-6-23-12-17-31-32-23/h7-12,19-20,25H,3-6,13-18,21H2,1-2H3;7-10,17-19,24H,3-6,11-16H2,1-2H3;8-11,19-20,23H,4-7,12-18H2,1-3H3/b28-19-;;/t;19-,24?;/m.0./s1. The minimum absolute atomic E-state index is 0.00324. The van der Waals surface area contributed by atoms with Gasteiger partial charge in [0.05, 0.1) is 65.0 Å². The Bertz CT molecular complexity index is 3670. The SMILES string of the molecule is CC(C)Cc1ccc(C(C)C(=O)OCCOCCOC(=O)CCCCC2CCSS2)cc1.CC1=C(CC(=O)OCCOCCOC(=O)CCCCC2CCSS2)c2cc(F)ccc2/C1=C\c1ccc(S(C)=O)cc1.COc1ccc2cc([C@H](C)C(=O)OCCOCCOC(=O)CCCCC3CCSS3)ccc2c1. The van der Waals surface area contributed by atoms with Gasteiger partial charge in [0.15, 0.2) is 0 Å². The predicted molar refractivity (Wildman–Crippen MR) is 442 cm³/mol. The van der Waals surface area contributed by atoms with Gasteiger partial charge in [-0.05, 0) is 194 Å². The maximum absolute atomic E-state index is 14.2. The number of carbonyl (C=O) groups excluding carboxylic acids is 6. The molecule has 0 spiro atoms. The number of carbonyl (C=O) groups is 6. The maximum atomic E-state index is 14.2. The molecule has 9 rings (SSSR count). The molecular formula is C83H109FO17S7. The minimum atomic E-state index is -1.06. The van der Waals surface area contributed by atoms with E-state index < -0.39 is 16.8 Å². The topological polar surface area (TPSA) is 212 Å². The maximum Gasteiger partial charge on any atom is 0.313 e. The highest BCUT2D eigenvalue weighted by Crippen LogP contribution is 2.45. The lowest BCUT2D eigenvalue weighted by atomic mass is 9.97. The third-order valence-corrected chi connectivity index (χ3v) is 28.2. The summed E-state index contributed by atoms with van der Waals surface area (Å²) in [6, 6.07) is 31.9. The fourth-order valence-corrected chi connectivity index (χ4v) is 21.7. The van der Waals surface area contributed by atoms with Crippen molar-refractivity contribution in [3.63, 3.8) is 0 Å². The lowest BCUT2D eigenvalue weighted by Gasteiger charge is -2.13. The van der Waals surface area contributed by atoms with Crippen molar-refractivity contribution in [2.45, 2.75) is 176 Å². The van der Waals surface area contributed by atoms with Gasteiger partial charge in [0.25, 0.3) is 0 Å². The summed E-state index contributed by atoms with van der Waals surface area (Å²) in [4.78, 5) is 73.5. The molecule has 5 aromatic carbocycles. The molecule has 17 nitrogen and oxygen atoms in total. The van der Waals surface area contributed by atoms with Crippen molar-refractivity contribution in [3.8, 4) is 5.75 Å². The number of hydrogen-bond donors (Lipinski definition) is 0. The molecule has 592 valence electrons. The van der Waals surface area contributed by atoms with E-state index in [2.05, 4.69) is 26.0 Å². The Kier molecular flexibility index (Phi) is 42.5. The average Bonchev–Trinajstić information content (AvgIpc) is 1.54. The number of esters is 6. The zero-order valence-electron chi connectivity index (χ0n) is 63.7. The quantitative estimate of drug-likeness (QED) is 0.0153. The number of fused-ring (bicyclic) bond motifs is 2. The number of hydrogen-bond acceptors (Lipinski definition) is 23. The second-order valence-corrected chi connectivity index (χ2v) is 36.8. The molecule has 3 saturated heterocycles. The van der Waals surface area contributed by atoms with E-state index >= 15 is 0 Å². The van der Waals surface area contributed by atoms with Crippen LogP contribution in [0.3, 0.4) is 0 Å². The highest BCUT2D eigenvalue weighted by atomic mass is 33.1. The van der Waals surface area contributed by atoms with Crippen LogP contribution in [0.1, 0.15) is 183 Å². The van der Waals surface area contributed by atoms with Crippen LogP contribution in [0.2, 0.25) is 0 Å². The van der Waals surface area contributed by atoms with Crippen molar-refractivity contribution in [2.75, 3.05) is 110 Å². The Labute approximate surface area is 665 Å². The first-order chi connectivity index (χ1) is 52.3. The number of halogens is 1. The van der Waals surface area contributed by atoms with Crippen molar-refractivity contribution in [3.05, 3.63) is 148 Å². The van der Waals surface area contributed by atoms with E-state index in [-0.39, 0.29) is 113 Å². The third kappa shape index (κ3) is 33.8. The molecule has 5 aromatic rings. The van der Waals surface area contributed by atoms with E-state index in [9.17, 15) is 37.4 Å². The molecule has 1 aliphatic carbocycles. The molecule has 4 aliphatic rings. The molecule has 25 heteroatoms. The van der Waals surface area contributed by atoms with E-state index in [0.29, 0.717) is 50.6 Å². The Morgan fingerprint density at radius 1 is 0.500 bits per heavy atom. The highest BCUT2D eigenvalue weighted by molar-refractivity contribution is 8.78. The molecule has 0 amide bonds. The van der Waals surface area contributed by atoms with E-state index in [1.165, 1.54) is 67.1 Å². The molecule has 0 saturated carbocycles. The molecule has 0 aromatic heterocycles. The van der Waals surface area contributed by atoms with E-state index in [0.717, 1.165) is 128 Å². The molecule has 6 atom stereocenters. The molecule has 108 heavy (non-hydrogen) atoms. The largest absolute Gasteiger partial charge is 0.497 e. The summed E-state index contributed by atoms with van der Waals surface area (Å²) in [5.41, 5.74) is 8.08. The predicted octanol–water partition coefficient (Wildman–Crippen LogP) is 18.7. The fraction of sp³-hybridized carbons (Fsp3) is 0.542. The van der Waals surface area contributed by atoms with E-state index in [1.54, 1.807) is 19.4 Å². The minimum Gasteiger partial charge on any atom is -0.497 e. The normalized spacial score (nSPS) is 17.1. The molecule has 3 fully saturated rings. The van der Waals surface area contributed by atoms with Crippen molar-refractivity contribution in [2.24, 2.45) is 5.92 Å². The molecular weight excluding hydrogens is 1510 g/mol. The first-order valence-corrected chi connectivity index (χ1v) is 46.4. The zero-order chi connectivity index (χ0) is 77.3. The van der Waals surface area contributed by atoms with Crippen LogP contribution in [0.4, 0.5) is 4.39 Å². The summed E-state index contributed by atoms with van der Waals surface area (Å²) < 4.78 is 79.1. The second-order valence-electron chi connectivity index (χ2n) is 27.1. The van der Waals surface area contributed by atoms with Gasteiger partial charge >= 0.3 is 35.8 Å².